The fourth-order valence-electron chi connectivity index (χ4n) is 3.29. The van der Waals surface area contributed by atoms with Gasteiger partial charge in [-0.1, -0.05) is 0 Å². The van der Waals surface area contributed by atoms with Gasteiger partial charge in [0.05, 0.1) is 0 Å². The first-order valence-electron chi connectivity index (χ1n) is 6.92. The second-order valence-electron chi connectivity index (χ2n) is 5.80. The molecule has 1 saturated carbocycles. The first kappa shape index (κ1) is 11.5. The summed E-state index contributed by atoms with van der Waals surface area (Å²) in [6.45, 7) is 3.25. The van der Waals surface area contributed by atoms with Crippen molar-refractivity contribution >= 4 is 5.91 Å². The third kappa shape index (κ3) is 2.33. The Labute approximate surface area is 103 Å². The number of likely N-dealkylation sites (tertiary alicyclic amines) is 2. The van der Waals surface area contributed by atoms with E-state index in [0.717, 1.165) is 38.5 Å². The number of rotatable bonds is 3. The van der Waals surface area contributed by atoms with E-state index in [4.69, 9.17) is 5.11 Å². The highest BCUT2D eigenvalue weighted by Gasteiger charge is 2.37. The van der Waals surface area contributed by atoms with E-state index in [2.05, 4.69) is 4.90 Å². The molecule has 96 valence electrons. The van der Waals surface area contributed by atoms with Crippen LogP contribution in [0.15, 0.2) is 0 Å². The SMILES string of the molecule is O=C1CC(CO)CN1C1CCN(C2CC2)CC1. The molecule has 0 radical (unpaired) electrons. The Bertz CT molecular complexity index is 296. The molecule has 1 unspecified atom stereocenters. The van der Waals surface area contributed by atoms with E-state index >= 15 is 0 Å². The summed E-state index contributed by atoms with van der Waals surface area (Å²) in [5, 5.41) is 9.14. The van der Waals surface area contributed by atoms with Crippen LogP contribution in [0.1, 0.15) is 32.1 Å². The number of aliphatic hydroxyl groups is 1. The van der Waals surface area contributed by atoms with Gasteiger partial charge in [0.1, 0.15) is 0 Å². The zero-order chi connectivity index (χ0) is 11.8. The number of amides is 1. The van der Waals surface area contributed by atoms with Gasteiger partial charge in [0, 0.05) is 50.7 Å². The number of aliphatic hydroxyl groups excluding tert-OH is 1. The van der Waals surface area contributed by atoms with E-state index in [-0.39, 0.29) is 18.4 Å². The Hall–Kier alpha value is -0.610. The molecular formula is C13H22N2O2. The van der Waals surface area contributed by atoms with Crippen molar-refractivity contribution in [2.45, 2.75) is 44.2 Å². The number of carbonyl (C=O) groups excluding carboxylic acids is 1. The molecule has 1 aliphatic carbocycles. The zero-order valence-electron chi connectivity index (χ0n) is 10.3. The summed E-state index contributed by atoms with van der Waals surface area (Å²) >= 11 is 0. The molecule has 3 fully saturated rings. The maximum absolute atomic E-state index is 11.9. The minimum Gasteiger partial charge on any atom is -0.396 e. The monoisotopic (exact) mass is 238 g/mol. The Morgan fingerprint density at radius 2 is 1.82 bits per heavy atom. The third-order valence-electron chi connectivity index (χ3n) is 4.50. The lowest BCUT2D eigenvalue weighted by Crippen LogP contribution is -2.46. The van der Waals surface area contributed by atoms with E-state index < -0.39 is 0 Å². The molecule has 2 saturated heterocycles. The molecule has 1 atom stereocenters. The molecule has 4 heteroatoms. The molecule has 3 rings (SSSR count). The Balaban J connectivity index is 1.53. The molecule has 0 aromatic heterocycles. The van der Waals surface area contributed by atoms with Crippen molar-refractivity contribution in [2.75, 3.05) is 26.2 Å². The van der Waals surface area contributed by atoms with Crippen molar-refractivity contribution in [3.05, 3.63) is 0 Å². The molecule has 1 amide bonds. The second-order valence-corrected chi connectivity index (χ2v) is 5.80. The van der Waals surface area contributed by atoms with Gasteiger partial charge in [0.25, 0.3) is 0 Å². The van der Waals surface area contributed by atoms with E-state index in [9.17, 15) is 4.79 Å². The quantitative estimate of drug-likeness (QED) is 0.776. The number of carbonyl (C=O) groups is 1. The van der Waals surface area contributed by atoms with Gasteiger partial charge in [-0.2, -0.15) is 0 Å². The van der Waals surface area contributed by atoms with Crippen LogP contribution in [0.5, 0.6) is 0 Å². The van der Waals surface area contributed by atoms with E-state index in [0.29, 0.717) is 12.5 Å². The van der Waals surface area contributed by atoms with Crippen LogP contribution in [0.3, 0.4) is 0 Å². The van der Waals surface area contributed by atoms with Crippen molar-refractivity contribution in [3.63, 3.8) is 0 Å². The first-order chi connectivity index (χ1) is 8.28. The molecular weight excluding hydrogens is 216 g/mol. The minimum atomic E-state index is 0.156. The maximum atomic E-state index is 11.9. The lowest BCUT2D eigenvalue weighted by Gasteiger charge is -2.37. The molecule has 0 aromatic rings. The minimum absolute atomic E-state index is 0.156. The van der Waals surface area contributed by atoms with Gasteiger partial charge in [-0.15, -0.1) is 0 Å². The molecule has 2 heterocycles. The third-order valence-corrected chi connectivity index (χ3v) is 4.50. The predicted molar refractivity (Wildman–Crippen MR) is 64.5 cm³/mol. The number of nitrogens with zero attached hydrogens (tertiary/aromatic N) is 2. The fraction of sp³-hybridized carbons (Fsp3) is 0.923. The van der Waals surface area contributed by atoms with Crippen molar-refractivity contribution in [2.24, 2.45) is 5.92 Å². The van der Waals surface area contributed by atoms with Crippen LogP contribution >= 0.6 is 0 Å². The maximum Gasteiger partial charge on any atom is 0.223 e. The van der Waals surface area contributed by atoms with Crippen LogP contribution in [0.4, 0.5) is 0 Å². The summed E-state index contributed by atoms with van der Waals surface area (Å²) in [6.07, 6.45) is 5.56. The normalized spacial score (nSPS) is 32.4. The van der Waals surface area contributed by atoms with Crippen LogP contribution < -0.4 is 0 Å². The van der Waals surface area contributed by atoms with E-state index in [1.165, 1.54) is 12.8 Å². The lowest BCUT2D eigenvalue weighted by molar-refractivity contribution is -0.130. The summed E-state index contributed by atoms with van der Waals surface area (Å²) in [5.74, 6) is 0.442. The summed E-state index contributed by atoms with van der Waals surface area (Å²) < 4.78 is 0. The van der Waals surface area contributed by atoms with Crippen molar-refractivity contribution in [1.82, 2.24) is 9.80 Å². The molecule has 0 spiro atoms. The van der Waals surface area contributed by atoms with Crippen molar-refractivity contribution < 1.29 is 9.90 Å². The lowest BCUT2D eigenvalue weighted by atomic mass is 10.0. The molecule has 3 aliphatic rings. The second kappa shape index (κ2) is 4.58. The van der Waals surface area contributed by atoms with Crippen LogP contribution in [-0.2, 0) is 4.79 Å². The van der Waals surface area contributed by atoms with Crippen LogP contribution in [0.2, 0.25) is 0 Å². The highest BCUT2D eigenvalue weighted by Crippen LogP contribution is 2.31. The van der Waals surface area contributed by atoms with E-state index in [1.807, 2.05) is 4.90 Å². The Morgan fingerprint density at radius 1 is 1.12 bits per heavy atom. The smallest absolute Gasteiger partial charge is 0.223 e. The first-order valence-corrected chi connectivity index (χ1v) is 6.92. The Kier molecular flexibility index (Phi) is 3.09. The summed E-state index contributed by atoms with van der Waals surface area (Å²) in [7, 11) is 0. The summed E-state index contributed by atoms with van der Waals surface area (Å²) in [6, 6.07) is 1.30. The highest BCUT2D eigenvalue weighted by molar-refractivity contribution is 5.79. The summed E-state index contributed by atoms with van der Waals surface area (Å²) in [5.41, 5.74) is 0. The van der Waals surface area contributed by atoms with Gasteiger partial charge in [0.2, 0.25) is 5.91 Å². The molecule has 1 N–H and O–H groups in total. The highest BCUT2D eigenvalue weighted by atomic mass is 16.3. The number of hydrogen-bond donors (Lipinski definition) is 1. The van der Waals surface area contributed by atoms with E-state index in [1.54, 1.807) is 0 Å². The van der Waals surface area contributed by atoms with Gasteiger partial charge in [-0.25, -0.2) is 0 Å². The average Bonchev–Trinajstić information content (AvgIpc) is 3.13. The molecule has 2 aliphatic heterocycles. The van der Waals surface area contributed by atoms with Gasteiger partial charge >= 0.3 is 0 Å². The molecule has 0 aromatic carbocycles. The fourth-order valence-corrected chi connectivity index (χ4v) is 3.29. The van der Waals surface area contributed by atoms with Crippen LogP contribution in [0, 0.1) is 5.92 Å². The van der Waals surface area contributed by atoms with Crippen molar-refractivity contribution in [1.29, 1.82) is 0 Å². The molecule has 4 nitrogen and oxygen atoms in total. The molecule has 17 heavy (non-hydrogen) atoms. The summed E-state index contributed by atoms with van der Waals surface area (Å²) in [4.78, 5) is 16.5. The topological polar surface area (TPSA) is 43.8 Å². The average molecular weight is 238 g/mol. The van der Waals surface area contributed by atoms with Crippen LogP contribution in [0.25, 0.3) is 0 Å². The van der Waals surface area contributed by atoms with Crippen molar-refractivity contribution in [3.8, 4) is 0 Å². The zero-order valence-corrected chi connectivity index (χ0v) is 10.3. The standard InChI is InChI=1S/C13H22N2O2/c16-9-10-7-13(17)15(8-10)12-3-5-14(6-4-12)11-1-2-11/h10-12,16H,1-9H2. The van der Waals surface area contributed by atoms with Gasteiger partial charge in [-0.05, 0) is 25.7 Å². The van der Waals surface area contributed by atoms with Gasteiger partial charge in [-0.3, -0.25) is 4.79 Å². The molecule has 0 bridgehead atoms. The number of hydrogen-bond acceptors (Lipinski definition) is 3. The van der Waals surface area contributed by atoms with Gasteiger partial charge < -0.3 is 14.9 Å². The predicted octanol–water partition coefficient (Wildman–Crippen LogP) is 0.454. The Morgan fingerprint density at radius 3 is 2.35 bits per heavy atom. The number of piperidine rings is 1. The largest absolute Gasteiger partial charge is 0.396 e. The van der Waals surface area contributed by atoms with Gasteiger partial charge in [0.15, 0.2) is 0 Å². The van der Waals surface area contributed by atoms with Crippen LogP contribution in [-0.4, -0.2) is 59.1 Å².